The minimum absolute atomic E-state index is 0.152. The molecule has 2 aromatic rings. The van der Waals surface area contributed by atoms with Crippen LogP contribution in [0.3, 0.4) is 0 Å². The molecule has 1 heterocycles. The van der Waals surface area contributed by atoms with Crippen molar-refractivity contribution in [1.29, 1.82) is 0 Å². The van der Waals surface area contributed by atoms with E-state index >= 15 is 0 Å². The Labute approximate surface area is 121 Å². The summed E-state index contributed by atoms with van der Waals surface area (Å²) in [7, 11) is 0. The lowest BCUT2D eigenvalue weighted by atomic mass is 10.2. The first-order chi connectivity index (χ1) is 9.81. The van der Waals surface area contributed by atoms with Gasteiger partial charge in [0.15, 0.2) is 0 Å². The quantitative estimate of drug-likeness (QED) is 0.730. The van der Waals surface area contributed by atoms with Crippen LogP contribution < -0.4 is 5.32 Å². The number of para-hydroxylation sites is 1. The molecule has 20 heavy (non-hydrogen) atoms. The Hall–Kier alpha value is -1.77. The van der Waals surface area contributed by atoms with E-state index in [2.05, 4.69) is 41.2 Å². The molecule has 3 nitrogen and oxygen atoms in total. The minimum atomic E-state index is 0.152. The van der Waals surface area contributed by atoms with Crippen LogP contribution >= 0.6 is 0 Å². The molecule has 1 N–H and O–H groups in total. The fourth-order valence-corrected chi connectivity index (χ4v) is 2.43. The fraction of sp³-hybridized carbons (Fsp3) is 0.471. The van der Waals surface area contributed by atoms with Crippen molar-refractivity contribution < 1.29 is 4.79 Å². The highest BCUT2D eigenvalue weighted by Gasteiger charge is 2.03. The second-order valence-corrected chi connectivity index (χ2v) is 5.23. The molecular weight excluding hydrogens is 248 g/mol. The predicted octanol–water partition coefficient (Wildman–Crippen LogP) is 3.73. The number of fused-ring (bicyclic) bond motifs is 1. The minimum Gasteiger partial charge on any atom is -0.356 e. The zero-order chi connectivity index (χ0) is 14.2. The predicted molar refractivity (Wildman–Crippen MR) is 83.7 cm³/mol. The van der Waals surface area contributed by atoms with Gasteiger partial charge >= 0.3 is 0 Å². The molecule has 0 fully saturated rings. The average molecular weight is 272 g/mol. The molecule has 3 heteroatoms. The van der Waals surface area contributed by atoms with Crippen molar-refractivity contribution in [2.45, 2.75) is 45.6 Å². The molecule has 0 aliphatic carbocycles. The summed E-state index contributed by atoms with van der Waals surface area (Å²) in [6, 6.07) is 10.4. The Morgan fingerprint density at radius 1 is 1.15 bits per heavy atom. The lowest BCUT2D eigenvalue weighted by Crippen LogP contribution is -2.25. The molecule has 1 aromatic carbocycles. The maximum absolute atomic E-state index is 11.8. The zero-order valence-corrected chi connectivity index (χ0v) is 12.3. The maximum Gasteiger partial charge on any atom is 0.221 e. The van der Waals surface area contributed by atoms with Crippen molar-refractivity contribution in [1.82, 2.24) is 9.88 Å². The first-order valence-electron chi connectivity index (χ1n) is 7.62. The molecule has 1 amide bonds. The third kappa shape index (κ3) is 4.12. The Bertz CT molecular complexity index is 545. The first-order valence-corrected chi connectivity index (χ1v) is 7.62. The van der Waals surface area contributed by atoms with Crippen molar-refractivity contribution in [3.8, 4) is 0 Å². The maximum atomic E-state index is 11.8. The SMILES string of the molecule is CCCCCCNC(=O)CCn1ccc2ccccc21. The summed E-state index contributed by atoms with van der Waals surface area (Å²) in [6.07, 6.45) is 7.39. The van der Waals surface area contributed by atoms with E-state index in [0.29, 0.717) is 6.42 Å². The summed E-state index contributed by atoms with van der Waals surface area (Å²) in [5, 5.41) is 4.23. The second kappa shape index (κ2) is 7.73. The molecule has 0 aliphatic rings. The van der Waals surface area contributed by atoms with Gasteiger partial charge in [0, 0.05) is 31.2 Å². The van der Waals surface area contributed by atoms with Crippen molar-refractivity contribution >= 4 is 16.8 Å². The van der Waals surface area contributed by atoms with Crippen LogP contribution in [0.25, 0.3) is 10.9 Å². The summed E-state index contributed by atoms with van der Waals surface area (Å²) < 4.78 is 2.14. The van der Waals surface area contributed by atoms with Crippen LogP contribution in [-0.4, -0.2) is 17.0 Å². The highest BCUT2D eigenvalue weighted by atomic mass is 16.1. The van der Waals surface area contributed by atoms with Gasteiger partial charge in [-0.1, -0.05) is 44.4 Å². The topological polar surface area (TPSA) is 34.0 Å². The number of aryl methyl sites for hydroxylation is 1. The number of hydrogen-bond acceptors (Lipinski definition) is 1. The van der Waals surface area contributed by atoms with Crippen LogP contribution in [0.5, 0.6) is 0 Å². The van der Waals surface area contributed by atoms with Gasteiger partial charge in [0.1, 0.15) is 0 Å². The molecule has 0 saturated carbocycles. The Morgan fingerprint density at radius 3 is 2.85 bits per heavy atom. The smallest absolute Gasteiger partial charge is 0.221 e. The molecule has 108 valence electrons. The number of rotatable bonds is 8. The summed E-state index contributed by atoms with van der Waals surface area (Å²) >= 11 is 0. The Balaban J connectivity index is 1.73. The van der Waals surface area contributed by atoms with Gasteiger partial charge in [-0.25, -0.2) is 0 Å². The first kappa shape index (κ1) is 14.6. The lowest BCUT2D eigenvalue weighted by Gasteiger charge is -2.07. The van der Waals surface area contributed by atoms with Crippen molar-refractivity contribution in [3.63, 3.8) is 0 Å². The average Bonchev–Trinajstić information content (AvgIpc) is 2.88. The molecule has 0 aliphatic heterocycles. The van der Waals surface area contributed by atoms with Crippen molar-refractivity contribution in [3.05, 3.63) is 36.5 Å². The Morgan fingerprint density at radius 2 is 2.00 bits per heavy atom. The zero-order valence-electron chi connectivity index (χ0n) is 12.3. The summed E-state index contributed by atoms with van der Waals surface area (Å²) in [5.41, 5.74) is 1.20. The van der Waals surface area contributed by atoms with Gasteiger partial charge in [0.25, 0.3) is 0 Å². The van der Waals surface area contributed by atoms with Gasteiger partial charge in [-0.05, 0) is 23.9 Å². The van der Waals surface area contributed by atoms with Crippen LogP contribution in [0, 0.1) is 0 Å². The van der Waals surface area contributed by atoms with E-state index in [9.17, 15) is 4.79 Å². The number of hydrogen-bond donors (Lipinski definition) is 1. The van der Waals surface area contributed by atoms with Crippen LogP contribution in [0.4, 0.5) is 0 Å². The van der Waals surface area contributed by atoms with Crippen molar-refractivity contribution in [2.24, 2.45) is 0 Å². The Kier molecular flexibility index (Phi) is 5.66. The third-order valence-corrected chi connectivity index (χ3v) is 3.61. The van der Waals surface area contributed by atoms with Crippen LogP contribution in [0.1, 0.15) is 39.0 Å². The number of nitrogens with one attached hydrogen (secondary N) is 1. The molecule has 1 aromatic heterocycles. The number of benzene rings is 1. The van der Waals surface area contributed by atoms with Gasteiger partial charge in [0.2, 0.25) is 5.91 Å². The lowest BCUT2D eigenvalue weighted by molar-refractivity contribution is -0.121. The summed E-state index contributed by atoms with van der Waals surface area (Å²) in [4.78, 5) is 11.8. The van der Waals surface area contributed by atoms with Crippen LogP contribution in [0.2, 0.25) is 0 Å². The number of unbranched alkanes of at least 4 members (excludes halogenated alkanes) is 3. The van der Waals surface area contributed by atoms with Gasteiger partial charge in [-0.15, -0.1) is 0 Å². The second-order valence-electron chi connectivity index (χ2n) is 5.23. The number of aromatic nitrogens is 1. The standard InChI is InChI=1S/C17H24N2O/c1-2-3-4-7-12-18-17(20)11-14-19-13-10-15-8-5-6-9-16(15)19/h5-6,8-10,13H,2-4,7,11-12,14H2,1H3,(H,18,20). The van der Waals surface area contributed by atoms with Crippen LogP contribution in [0.15, 0.2) is 36.5 Å². The third-order valence-electron chi connectivity index (χ3n) is 3.61. The van der Waals surface area contributed by atoms with E-state index in [1.165, 1.54) is 30.2 Å². The molecule has 0 spiro atoms. The highest BCUT2D eigenvalue weighted by molar-refractivity contribution is 5.80. The number of amides is 1. The van der Waals surface area contributed by atoms with E-state index in [0.717, 1.165) is 19.5 Å². The molecule has 2 rings (SSSR count). The molecule has 0 atom stereocenters. The number of carbonyl (C=O) groups excluding carboxylic acids is 1. The largest absolute Gasteiger partial charge is 0.356 e. The normalized spacial score (nSPS) is 10.8. The fourth-order valence-electron chi connectivity index (χ4n) is 2.43. The molecule has 0 saturated heterocycles. The number of nitrogens with zero attached hydrogens (tertiary/aromatic N) is 1. The van der Waals surface area contributed by atoms with Crippen LogP contribution in [-0.2, 0) is 11.3 Å². The summed E-state index contributed by atoms with van der Waals surface area (Å²) in [5.74, 6) is 0.152. The van der Waals surface area contributed by atoms with E-state index in [4.69, 9.17) is 0 Å². The molecule has 0 unspecified atom stereocenters. The van der Waals surface area contributed by atoms with Crippen molar-refractivity contribution in [2.75, 3.05) is 6.54 Å². The monoisotopic (exact) mass is 272 g/mol. The van der Waals surface area contributed by atoms with Gasteiger partial charge < -0.3 is 9.88 Å². The van der Waals surface area contributed by atoms with E-state index < -0.39 is 0 Å². The highest BCUT2D eigenvalue weighted by Crippen LogP contribution is 2.15. The van der Waals surface area contributed by atoms with E-state index in [1.54, 1.807) is 0 Å². The van der Waals surface area contributed by atoms with Gasteiger partial charge in [-0.2, -0.15) is 0 Å². The van der Waals surface area contributed by atoms with Gasteiger partial charge in [-0.3, -0.25) is 4.79 Å². The number of carbonyl (C=O) groups is 1. The molecule has 0 radical (unpaired) electrons. The van der Waals surface area contributed by atoms with E-state index in [-0.39, 0.29) is 5.91 Å². The van der Waals surface area contributed by atoms with E-state index in [1.807, 2.05) is 12.1 Å². The van der Waals surface area contributed by atoms with Gasteiger partial charge in [0.05, 0.1) is 0 Å². The molecule has 0 bridgehead atoms. The summed E-state index contributed by atoms with van der Waals surface area (Å²) in [6.45, 7) is 3.75. The molecular formula is C17H24N2O.